The van der Waals surface area contributed by atoms with Crippen molar-refractivity contribution in [3.05, 3.63) is 48.0 Å². The number of nitrogens with one attached hydrogen (secondary N) is 1. The van der Waals surface area contributed by atoms with E-state index in [-0.39, 0.29) is 22.1 Å². The van der Waals surface area contributed by atoms with E-state index in [0.29, 0.717) is 24.5 Å². The lowest BCUT2D eigenvalue weighted by atomic mass is 10.1. The van der Waals surface area contributed by atoms with Crippen LogP contribution in [0.5, 0.6) is 11.5 Å². The second-order valence-corrected chi connectivity index (χ2v) is 9.50. The van der Waals surface area contributed by atoms with Crippen LogP contribution in [0.1, 0.15) is 36.5 Å². The van der Waals surface area contributed by atoms with Gasteiger partial charge in [0.25, 0.3) is 5.91 Å². The number of hydrogen-bond donors (Lipinski definition) is 2. The first-order chi connectivity index (χ1) is 15.1. The molecule has 0 radical (unpaired) electrons. The van der Waals surface area contributed by atoms with Gasteiger partial charge in [-0.05, 0) is 57.7 Å². The van der Waals surface area contributed by atoms with Gasteiger partial charge in [0, 0.05) is 25.7 Å². The lowest BCUT2D eigenvalue weighted by Crippen LogP contribution is -2.30. The van der Waals surface area contributed by atoms with E-state index in [1.54, 1.807) is 42.3 Å². The van der Waals surface area contributed by atoms with Crippen molar-refractivity contribution in [3.63, 3.8) is 0 Å². The number of carbonyl (C=O) groups excluding carboxylic acids is 1. The Kier molecular flexibility index (Phi) is 9.49. The minimum absolute atomic E-state index is 0.0848. The fourth-order valence-corrected chi connectivity index (χ4v) is 3.83. The molecule has 0 bridgehead atoms. The number of para-hydroxylation sites is 1. The lowest BCUT2D eigenvalue weighted by Gasteiger charge is -2.21. The average Bonchev–Trinajstić information content (AvgIpc) is 2.73. The zero-order chi connectivity index (χ0) is 23.7. The van der Waals surface area contributed by atoms with Gasteiger partial charge in [-0.3, -0.25) is 4.79 Å². The summed E-state index contributed by atoms with van der Waals surface area (Å²) in [7, 11) is 1.49. The fourth-order valence-electron chi connectivity index (χ4n) is 3.13. The van der Waals surface area contributed by atoms with Crippen LogP contribution in [0.25, 0.3) is 0 Å². The van der Waals surface area contributed by atoms with Crippen LogP contribution < -0.4 is 15.2 Å². The third-order valence-electron chi connectivity index (χ3n) is 4.86. The molecule has 0 atom stereocenters. The van der Waals surface area contributed by atoms with Gasteiger partial charge >= 0.3 is 0 Å². The second kappa shape index (κ2) is 11.8. The molecule has 8 nitrogen and oxygen atoms in total. The highest BCUT2D eigenvalue weighted by atomic mass is 32.2. The Bertz CT molecular complexity index is 995. The Morgan fingerprint density at radius 3 is 2.34 bits per heavy atom. The zero-order valence-corrected chi connectivity index (χ0v) is 20.1. The van der Waals surface area contributed by atoms with E-state index < -0.39 is 10.0 Å². The van der Waals surface area contributed by atoms with Crippen LogP contribution in [-0.4, -0.2) is 64.9 Å². The van der Waals surface area contributed by atoms with Crippen LogP contribution in [0.4, 0.5) is 5.69 Å². The highest BCUT2D eigenvalue weighted by Crippen LogP contribution is 2.37. The third kappa shape index (κ3) is 7.51. The zero-order valence-electron chi connectivity index (χ0n) is 19.3. The van der Waals surface area contributed by atoms with Crippen molar-refractivity contribution < 1.29 is 17.9 Å². The van der Waals surface area contributed by atoms with E-state index in [4.69, 9.17) is 9.88 Å². The monoisotopic (exact) mass is 462 g/mol. The van der Waals surface area contributed by atoms with Crippen molar-refractivity contribution in [2.45, 2.75) is 31.1 Å². The molecule has 32 heavy (non-hydrogen) atoms. The predicted molar refractivity (Wildman–Crippen MR) is 128 cm³/mol. The van der Waals surface area contributed by atoms with Crippen LogP contribution in [0.15, 0.2) is 47.4 Å². The number of anilines is 1. The molecule has 3 N–H and O–H groups in total. The molecule has 1 amide bonds. The summed E-state index contributed by atoms with van der Waals surface area (Å²) in [5.74, 6) is 0.274. The Morgan fingerprint density at radius 2 is 1.75 bits per heavy atom. The number of amides is 1. The number of sulfonamides is 1. The number of carbonyl (C=O) groups is 1. The summed E-state index contributed by atoms with van der Waals surface area (Å²) in [6, 6.07) is 11.8. The van der Waals surface area contributed by atoms with E-state index >= 15 is 0 Å². The molecule has 0 spiro atoms. The van der Waals surface area contributed by atoms with Crippen molar-refractivity contribution >= 4 is 21.6 Å². The summed E-state index contributed by atoms with van der Waals surface area (Å²) in [5.41, 5.74) is 0.652. The van der Waals surface area contributed by atoms with E-state index in [2.05, 4.69) is 12.2 Å². The molecule has 0 aliphatic rings. The minimum atomic E-state index is -4.16. The van der Waals surface area contributed by atoms with E-state index in [9.17, 15) is 13.2 Å². The largest absolute Gasteiger partial charge is 0.454 e. The van der Waals surface area contributed by atoms with Gasteiger partial charge in [0.15, 0.2) is 5.75 Å². The van der Waals surface area contributed by atoms with Crippen molar-refractivity contribution in [3.8, 4) is 11.5 Å². The van der Waals surface area contributed by atoms with Crippen molar-refractivity contribution in [2.75, 3.05) is 46.1 Å². The normalized spacial score (nSPS) is 11.4. The number of rotatable bonds is 12. The number of primary sulfonamides is 1. The van der Waals surface area contributed by atoms with Crippen molar-refractivity contribution in [1.82, 2.24) is 9.80 Å². The summed E-state index contributed by atoms with van der Waals surface area (Å²) in [4.78, 5) is 16.5. The standard InChI is InChI=1S/C23H34N4O4S/c1-5-6-13-25-20-16-18(23(28)27(4)15-10-14-26(2)3)17-21(32(24,29)30)22(20)31-19-11-8-7-9-12-19/h7-9,11-12,16-17,25H,5-6,10,13-15H2,1-4H3,(H2,24,29,30). The first kappa shape index (κ1) is 25.6. The van der Waals surface area contributed by atoms with Crippen LogP contribution >= 0.6 is 0 Å². The Hall–Kier alpha value is -2.62. The molecule has 9 heteroatoms. The molecule has 0 aromatic heterocycles. The molecule has 0 fully saturated rings. The molecular weight excluding hydrogens is 428 g/mol. The molecule has 2 aromatic carbocycles. The predicted octanol–water partition coefficient (Wildman–Crippen LogP) is 3.36. The maximum absolute atomic E-state index is 13.1. The number of hydrogen-bond acceptors (Lipinski definition) is 6. The number of unbranched alkanes of at least 4 members (excludes halogenated alkanes) is 1. The number of ether oxygens (including phenoxy) is 1. The first-order valence-electron chi connectivity index (χ1n) is 10.7. The smallest absolute Gasteiger partial charge is 0.253 e. The summed E-state index contributed by atoms with van der Waals surface area (Å²) in [5, 5.41) is 8.74. The maximum atomic E-state index is 13.1. The summed E-state index contributed by atoms with van der Waals surface area (Å²) in [6.45, 7) is 4.04. The number of benzene rings is 2. The fraction of sp³-hybridized carbons (Fsp3) is 0.435. The quantitative estimate of drug-likeness (QED) is 0.469. The molecule has 0 heterocycles. The van der Waals surface area contributed by atoms with Gasteiger partial charge < -0.3 is 19.9 Å². The first-order valence-corrected chi connectivity index (χ1v) is 12.3. The van der Waals surface area contributed by atoms with Gasteiger partial charge in [-0.15, -0.1) is 0 Å². The van der Waals surface area contributed by atoms with Gasteiger partial charge in [-0.2, -0.15) is 0 Å². The summed E-state index contributed by atoms with van der Waals surface area (Å²) < 4.78 is 30.8. The van der Waals surface area contributed by atoms with Crippen LogP contribution in [-0.2, 0) is 10.0 Å². The number of nitrogens with zero attached hydrogens (tertiary/aromatic N) is 2. The van der Waals surface area contributed by atoms with E-state index in [1.165, 1.54) is 6.07 Å². The van der Waals surface area contributed by atoms with Crippen LogP contribution in [0.3, 0.4) is 0 Å². The molecule has 0 saturated carbocycles. The molecule has 0 unspecified atom stereocenters. The lowest BCUT2D eigenvalue weighted by molar-refractivity contribution is 0.0790. The minimum Gasteiger partial charge on any atom is -0.454 e. The molecule has 2 rings (SSSR count). The molecule has 0 aliphatic heterocycles. The maximum Gasteiger partial charge on any atom is 0.253 e. The molecular formula is C23H34N4O4S. The highest BCUT2D eigenvalue weighted by Gasteiger charge is 2.24. The summed E-state index contributed by atoms with van der Waals surface area (Å²) >= 11 is 0. The molecule has 0 saturated heterocycles. The van der Waals surface area contributed by atoms with Gasteiger partial charge in [-0.1, -0.05) is 31.5 Å². The highest BCUT2D eigenvalue weighted by molar-refractivity contribution is 7.89. The topological polar surface area (TPSA) is 105 Å². The Labute approximate surface area is 191 Å². The number of nitrogens with two attached hydrogens (primary N) is 1. The second-order valence-electron chi connectivity index (χ2n) is 7.98. The Balaban J connectivity index is 2.47. The van der Waals surface area contributed by atoms with Crippen LogP contribution in [0, 0.1) is 0 Å². The van der Waals surface area contributed by atoms with Gasteiger partial charge in [-0.25, -0.2) is 13.6 Å². The SMILES string of the molecule is CCCCNc1cc(C(=O)N(C)CCCN(C)C)cc(S(N)(=O)=O)c1Oc1ccccc1. The molecule has 176 valence electrons. The Morgan fingerprint density at radius 1 is 1.06 bits per heavy atom. The van der Waals surface area contributed by atoms with E-state index in [0.717, 1.165) is 25.8 Å². The average molecular weight is 463 g/mol. The van der Waals surface area contributed by atoms with Gasteiger partial charge in [0.1, 0.15) is 10.6 Å². The summed E-state index contributed by atoms with van der Waals surface area (Å²) in [6.07, 6.45) is 2.63. The van der Waals surface area contributed by atoms with E-state index in [1.807, 2.05) is 25.1 Å². The third-order valence-corrected chi connectivity index (χ3v) is 5.78. The molecule has 2 aromatic rings. The van der Waals surface area contributed by atoms with Crippen molar-refractivity contribution in [2.24, 2.45) is 5.14 Å². The van der Waals surface area contributed by atoms with Gasteiger partial charge in [0.05, 0.1) is 5.69 Å². The van der Waals surface area contributed by atoms with Crippen molar-refractivity contribution in [1.29, 1.82) is 0 Å². The van der Waals surface area contributed by atoms with Crippen LogP contribution in [0.2, 0.25) is 0 Å². The van der Waals surface area contributed by atoms with Gasteiger partial charge in [0.2, 0.25) is 10.0 Å². The molecule has 0 aliphatic carbocycles.